The summed E-state index contributed by atoms with van der Waals surface area (Å²) in [6, 6.07) is 7.99. The molecule has 0 spiro atoms. The summed E-state index contributed by atoms with van der Waals surface area (Å²) in [5, 5.41) is 21.2. The van der Waals surface area contributed by atoms with Crippen LogP contribution in [0.2, 0.25) is 0 Å². The Morgan fingerprint density at radius 3 is 2.52 bits per heavy atom. The van der Waals surface area contributed by atoms with Crippen molar-refractivity contribution in [3.63, 3.8) is 0 Å². The SMILES string of the molecule is CCCCCC[C@H](O)C12CC3CC(CC(c4cccc(O)c4)(C3)C1)C2. The van der Waals surface area contributed by atoms with Gasteiger partial charge in [-0.25, -0.2) is 0 Å². The van der Waals surface area contributed by atoms with Gasteiger partial charge >= 0.3 is 0 Å². The molecule has 0 aromatic heterocycles. The highest BCUT2D eigenvalue weighted by Crippen LogP contribution is 2.67. The number of aliphatic hydroxyl groups is 1. The van der Waals surface area contributed by atoms with E-state index in [1.165, 1.54) is 63.4 Å². The van der Waals surface area contributed by atoms with Crippen LogP contribution in [0, 0.1) is 17.3 Å². The summed E-state index contributed by atoms with van der Waals surface area (Å²) in [5.74, 6) is 1.94. The zero-order valence-corrected chi connectivity index (χ0v) is 15.7. The molecule has 138 valence electrons. The lowest BCUT2D eigenvalue weighted by Gasteiger charge is -2.63. The molecule has 2 nitrogen and oxygen atoms in total. The minimum absolute atomic E-state index is 0.132. The van der Waals surface area contributed by atoms with Crippen LogP contribution >= 0.6 is 0 Å². The molecule has 4 fully saturated rings. The van der Waals surface area contributed by atoms with Gasteiger partial charge in [0.15, 0.2) is 0 Å². The molecule has 0 saturated heterocycles. The molecule has 2 unspecified atom stereocenters. The molecule has 0 amide bonds. The smallest absolute Gasteiger partial charge is 0.115 e. The van der Waals surface area contributed by atoms with Gasteiger partial charge in [0.05, 0.1) is 6.10 Å². The predicted octanol–water partition coefficient (Wildman–Crippen LogP) is 5.56. The highest BCUT2D eigenvalue weighted by Gasteiger charge is 2.60. The van der Waals surface area contributed by atoms with Crippen LogP contribution in [-0.4, -0.2) is 16.3 Å². The Balaban J connectivity index is 1.56. The van der Waals surface area contributed by atoms with E-state index in [4.69, 9.17) is 0 Å². The highest BCUT2D eigenvalue weighted by molar-refractivity contribution is 5.36. The molecule has 1 aromatic carbocycles. The van der Waals surface area contributed by atoms with Gasteiger partial charge in [-0.2, -0.15) is 0 Å². The van der Waals surface area contributed by atoms with Crippen molar-refractivity contribution in [1.29, 1.82) is 0 Å². The number of phenols is 1. The first-order chi connectivity index (χ1) is 12.1. The summed E-state index contributed by atoms with van der Waals surface area (Å²) >= 11 is 0. The van der Waals surface area contributed by atoms with Gasteiger partial charge in [0.25, 0.3) is 0 Å². The van der Waals surface area contributed by atoms with Gasteiger partial charge in [-0.15, -0.1) is 0 Å². The predicted molar refractivity (Wildman–Crippen MR) is 102 cm³/mol. The monoisotopic (exact) mass is 342 g/mol. The Labute approximate surface area is 152 Å². The first kappa shape index (κ1) is 17.4. The number of hydrogen-bond donors (Lipinski definition) is 2. The van der Waals surface area contributed by atoms with Gasteiger partial charge in [-0.05, 0) is 85.3 Å². The summed E-state index contributed by atoms with van der Waals surface area (Å²) in [6.07, 6.45) is 13.3. The molecule has 4 aliphatic rings. The molecule has 5 rings (SSSR count). The van der Waals surface area contributed by atoms with Crippen molar-refractivity contribution in [1.82, 2.24) is 0 Å². The van der Waals surface area contributed by atoms with E-state index >= 15 is 0 Å². The minimum Gasteiger partial charge on any atom is -0.508 e. The summed E-state index contributed by atoms with van der Waals surface area (Å²) < 4.78 is 0. The topological polar surface area (TPSA) is 40.5 Å². The second kappa shape index (κ2) is 6.61. The molecule has 3 atom stereocenters. The van der Waals surface area contributed by atoms with E-state index in [0.717, 1.165) is 24.7 Å². The van der Waals surface area contributed by atoms with Crippen LogP contribution in [0.3, 0.4) is 0 Å². The Bertz CT molecular complexity index is 594. The molecule has 2 heteroatoms. The number of benzene rings is 1. The van der Waals surface area contributed by atoms with E-state index in [2.05, 4.69) is 13.0 Å². The number of aromatic hydroxyl groups is 1. The van der Waals surface area contributed by atoms with Crippen molar-refractivity contribution in [2.75, 3.05) is 0 Å². The van der Waals surface area contributed by atoms with Crippen LogP contribution in [0.15, 0.2) is 24.3 Å². The van der Waals surface area contributed by atoms with Crippen molar-refractivity contribution < 1.29 is 10.2 Å². The molecule has 4 aliphatic carbocycles. The number of aliphatic hydroxyl groups excluding tert-OH is 1. The van der Waals surface area contributed by atoms with Crippen LogP contribution in [0.5, 0.6) is 5.75 Å². The zero-order valence-electron chi connectivity index (χ0n) is 15.7. The third kappa shape index (κ3) is 3.12. The molecule has 1 aromatic rings. The second-order valence-electron chi connectivity index (χ2n) is 9.52. The molecule has 0 radical (unpaired) electrons. The lowest BCUT2D eigenvalue weighted by molar-refractivity contribution is -0.134. The molecule has 25 heavy (non-hydrogen) atoms. The normalized spacial score (nSPS) is 37.4. The molecular formula is C23H34O2. The lowest BCUT2D eigenvalue weighted by atomic mass is 9.41. The fourth-order valence-electron chi connectivity index (χ4n) is 6.97. The number of rotatable bonds is 7. The van der Waals surface area contributed by atoms with Crippen molar-refractivity contribution in [3.05, 3.63) is 29.8 Å². The van der Waals surface area contributed by atoms with Gasteiger partial charge in [-0.1, -0.05) is 44.7 Å². The first-order valence-electron chi connectivity index (χ1n) is 10.5. The van der Waals surface area contributed by atoms with E-state index in [9.17, 15) is 10.2 Å². The van der Waals surface area contributed by atoms with Gasteiger partial charge in [0.2, 0.25) is 0 Å². The first-order valence-corrected chi connectivity index (χ1v) is 10.5. The van der Waals surface area contributed by atoms with Gasteiger partial charge in [0.1, 0.15) is 5.75 Å². The van der Waals surface area contributed by atoms with Gasteiger partial charge in [0, 0.05) is 0 Å². The van der Waals surface area contributed by atoms with Crippen molar-refractivity contribution in [2.45, 2.75) is 89.1 Å². The van der Waals surface area contributed by atoms with E-state index < -0.39 is 0 Å². The quantitative estimate of drug-likeness (QED) is 0.637. The third-order valence-electron chi connectivity index (χ3n) is 7.60. The number of phenolic OH excluding ortho intramolecular Hbond substituents is 1. The van der Waals surface area contributed by atoms with E-state index in [-0.39, 0.29) is 16.9 Å². The lowest BCUT2D eigenvalue weighted by Crippen LogP contribution is -2.57. The Morgan fingerprint density at radius 1 is 1.08 bits per heavy atom. The van der Waals surface area contributed by atoms with E-state index in [1.807, 2.05) is 12.1 Å². The maximum atomic E-state index is 11.2. The minimum atomic E-state index is -0.132. The summed E-state index contributed by atoms with van der Waals surface area (Å²) in [6.45, 7) is 2.24. The number of unbranched alkanes of at least 4 members (excludes halogenated alkanes) is 3. The Hall–Kier alpha value is -1.02. The van der Waals surface area contributed by atoms with Crippen LogP contribution < -0.4 is 0 Å². The van der Waals surface area contributed by atoms with Gasteiger partial charge in [-0.3, -0.25) is 0 Å². The fraction of sp³-hybridized carbons (Fsp3) is 0.739. The summed E-state index contributed by atoms with van der Waals surface area (Å²) in [4.78, 5) is 0. The van der Waals surface area contributed by atoms with Crippen LogP contribution in [-0.2, 0) is 5.41 Å². The number of hydrogen-bond acceptors (Lipinski definition) is 2. The maximum Gasteiger partial charge on any atom is 0.115 e. The fourth-order valence-corrected chi connectivity index (χ4v) is 6.97. The van der Waals surface area contributed by atoms with Crippen molar-refractivity contribution in [3.8, 4) is 5.75 Å². The molecular weight excluding hydrogens is 308 g/mol. The van der Waals surface area contributed by atoms with Crippen molar-refractivity contribution >= 4 is 0 Å². The standard InChI is InChI=1S/C23H34O2/c1-2-3-4-5-9-21(25)23-14-17-10-18(15-23)13-22(12-17,16-23)19-7-6-8-20(24)11-19/h6-8,11,17-18,21,24-25H,2-5,9-10,12-16H2,1H3/t17?,18?,21-,22?,23?/m0/s1. The van der Waals surface area contributed by atoms with Crippen LogP contribution in [0.4, 0.5) is 0 Å². The summed E-state index contributed by atoms with van der Waals surface area (Å²) in [7, 11) is 0. The van der Waals surface area contributed by atoms with Gasteiger partial charge < -0.3 is 10.2 Å². The van der Waals surface area contributed by atoms with Crippen molar-refractivity contribution in [2.24, 2.45) is 17.3 Å². The molecule has 2 N–H and O–H groups in total. The third-order valence-corrected chi connectivity index (χ3v) is 7.60. The molecule has 4 saturated carbocycles. The second-order valence-corrected chi connectivity index (χ2v) is 9.52. The average Bonchev–Trinajstić information content (AvgIpc) is 2.57. The Morgan fingerprint density at radius 2 is 1.84 bits per heavy atom. The van der Waals surface area contributed by atoms with Crippen LogP contribution in [0.25, 0.3) is 0 Å². The van der Waals surface area contributed by atoms with Crippen LogP contribution in [0.1, 0.15) is 83.1 Å². The maximum absolute atomic E-state index is 11.2. The summed E-state index contributed by atoms with van der Waals surface area (Å²) in [5.41, 5.74) is 1.67. The molecule has 0 aliphatic heterocycles. The Kier molecular flexibility index (Phi) is 4.60. The largest absolute Gasteiger partial charge is 0.508 e. The van der Waals surface area contributed by atoms with E-state index in [1.54, 1.807) is 6.07 Å². The highest BCUT2D eigenvalue weighted by atomic mass is 16.3. The molecule has 4 bridgehead atoms. The molecule has 0 heterocycles. The average molecular weight is 343 g/mol. The zero-order chi connectivity index (χ0) is 17.5. The van der Waals surface area contributed by atoms with E-state index in [0.29, 0.717) is 5.75 Å².